The second-order valence-electron chi connectivity index (χ2n) is 5.98. The maximum Gasteiger partial charge on any atom is 0.255 e. The van der Waals surface area contributed by atoms with Gasteiger partial charge < -0.3 is 20.2 Å². The predicted molar refractivity (Wildman–Crippen MR) is 81.5 cm³/mol. The molecule has 0 aliphatic heterocycles. The Hall–Kier alpha value is -1.82. The summed E-state index contributed by atoms with van der Waals surface area (Å²) in [5, 5.41) is 14.6. The van der Waals surface area contributed by atoms with E-state index in [2.05, 4.69) is 10.6 Å². The van der Waals surface area contributed by atoms with Crippen LogP contribution in [0.1, 0.15) is 47.6 Å². The number of hydrogen-bond donors (Lipinski definition) is 3. The molecule has 2 amide bonds. The summed E-state index contributed by atoms with van der Waals surface area (Å²) in [5.41, 5.74) is 0.466. The van der Waals surface area contributed by atoms with Gasteiger partial charge in [0.25, 0.3) is 5.91 Å². The molecule has 0 atom stereocenters. The molecule has 0 unspecified atom stereocenters. The van der Waals surface area contributed by atoms with Gasteiger partial charge in [0, 0.05) is 12.6 Å². The quantitative estimate of drug-likeness (QED) is 0.764. The van der Waals surface area contributed by atoms with Crippen molar-refractivity contribution in [3.05, 3.63) is 23.2 Å². The van der Waals surface area contributed by atoms with Gasteiger partial charge in [-0.2, -0.15) is 0 Å². The SMILES string of the molecule is Cc1cc(C(=O)NCC(=O)NC2CCC(CO)CC2)c(C)o1. The third kappa shape index (κ3) is 4.34. The van der Waals surface area contributed by atoms with Gasteiger partial charge in [-0.15, -0.1) is 0 Å². The van der Waals surface area contributed by atoms with Crippen molar-refractivity contribution in [3.63, 3.8) is 0 Å². The highest BCUT2D eigenvalue weighted by Gasteiger charge is 2.22. The molecule has 122 valence electrons. The van der Waals surface area contributed by atoms with E-state index in [0.717, 1.165) is 25.7 Å². The fourth-order valence-corrected chi connectivity index (χ4v) is 2.88. The minimum absolute atomic E-state index is 0.0393. The van der Waals surface area contributed by atoms with Gasteiger partial charge >= 0.3 is 0 Å². The fraction of sp³-hybridized carbons (Fsp3) is 0.625. The summed E-state index contributed by atoms with van der Waals surface area (Å²) in [4.78, 5) is 23.9. The molecule has 1 fully saturated rings. The maximum atomic E-state index is 12.0. The molecule has 1 heterocycles. The average molecular weight is 308 g/mol. The highest BCUT2D eigenvalue weighted by molar-refractivity contribution is 5.97. The van der Waals surface area contributed by atoms with Crippen molar-refractivity contribution in [1.82, 2.24) is 10.6 Å². The summed E-state index contributed by atoms with van der Waals surface area (Å²) in [6.07, 6.45) is 3.62. The van der Waals surface area contributed by atoms with Crippen molar-refractivity contribution in [2.45, 2.75) is 45.6 Å². The molecular formula is C16H24N2O4. The number of rotatable bonds is 5. The Bertz CT molecular complexity index is 530. The van der Waals surface area contributed by atoms with Crippen molar-refractivity contribution in [3.8, 4) is 0 Å². The predicted octanol–water partition coefficient (Wildman–Crippen LogP) is 1.29. The molecule has 6 heteroatoms. The lowest BCUT2D eigenvalue weighted by molar-refractivity contribution is -0.121. The number of aliphatic hydroxyl groups is 1. The first-order valence-corrected chi connectivity index (χ1v) is 7.75. The first-order valence-electron chi connectivity index (χ1n) is 7.75. The monoisotopic (exact) mass is 308 g/mol. The number of carbonyl (C=O) groups excluding carboxylic acids is 2. The van der Waals surface area contributed by atoms with Crippen LogP contribution in [0, 0.1) is 19.8 Å². The van der Waals surface area contributed by atoms with Crippen LogP contribution in [0.5, 0.6) is 0 Å². The normalized spacial score (nSPS) is 21.4. The van der Waals surface area contributed by atoms with Gasteiger partial charge in [0.05, 0.1) is 12.1 Å². The van der Waals surface area contributed by atoms with Gasteiger partial charge in [0.2, 0.25) is 5.91 Å². The fourth-order valence-electron chi connectivity index (χ4n) is 2.88. The lowest BCUT2D eigenvalue weighted by atomic mass is 9.86. The van der Waals surface area contributed by atoms with E-state index in [0.29, 0.717) is 23.0 Å². The van der Waals surface area contributed by atoms with Gasteiger partial charge in [-0.3, -0.25) is 9.59 Å². The lowest BCUT2D eigenvalue weighted by Crippen LogP contribution is -2.43. The highest BCUT2D eigenvalue weighted by atomic mass is 16.3. The molecule has 6 nitrogen and oxygen atoms in total. The van der Waals surface area contributed by atoms with E-state index >= 15 is 0 Å². The third-order valence-corrected chi connectivity index (χ3v) is 4.17. The molecule has 0 spiro atoms. The Labute approximate surface area is 130 Å². The van der Waals surface area contributed by atoms with Crippen LogP contribution in [0.25, 0.3) is 0 Å². The van der Waals surface area contributed by atoms with Crippen LogP contribution >= 0.6 is 0 Å². The summed E-state index contributed by atoms with van der Waals surface area (Å²) < 4.78 is 5.30. The van der Waals surface area contributed by atoms with E-state index in [-0.39, 0.29) is 31.0 Å². The minimum atomic E-state index is -0.298. The molecule has 1 aliphatic carbocycles. The molecule has 1 saturated carbocycles. The van der Waals surface area contributed by atoms with Crippen molar-refractivity contribution in [2.24, 2.45) is 5.92 Å². The van der Waals surface area contributed by atoms with E-state index in [1.54, 1.807) is 19.9 Å². The van der Waals surface area contributed by atoms with Gasteiger partial charge in [-0.1, -0.05) is 0 Å². The minimum Gasteiger partial charge on any atom is -0.466 e. The molecule has 3 N–H and O–H groups in total. The van der Waals surface area contributed by atoms with E-state index < -0.39 is 0 Å². The molecule has 1 aromatic rings. The summed E-state index contributed by atoms with van der Waals surface area (Å²) in [7, 11) is 0. The van der Waals surface area contributed by atoms with Crippen LogP contribution in [0.4, 0.5) is 0 Å². The summed E-state index contributed by atoms with van der Waals surface area (Å²) in [6.45, 7) is 3.68. The molecule has 0 bridgehead atoms. The Balaban J connectivity index is 1.74. The second kappa shape index (κ2) is 7.45. The number of carbonyl (C=O) groups is 2. The van der Waals surface area contributed by atoms with Crippen molar-refractivity contribution >= 4 is 11.8 Å². The lowest BCUT2D eigenvalue weighted by Gasteiger charge is -2.27. The number of furan rings is 1. The highest BCUT2D eigenvalue weighted by Crippen LogP contribution is 2.23. The van der Waals surface area contributed by atoms with Crippen LogP contribution in [0.3, 0.4) is 0 Å². The second-order valence-corrected chi connectivity index (χ2v) is 5.98. The Kier molecular flexibility index (Phi) is 5.60. The first kappa shape index (κ1) is 16.5. The topological polar surface area (TPSA) is 91.6 Å². The number of aliphatic hydroxyl groups excluding tert-OH is 1. The molecule has 0 saturated heterocycles. The molecule has 1 aliphatic rings. The van der Waals surface area contributed by atoms with Gasteiger partial charge in [-0.25, -0.2) is 0 Å². The smallest absolute Gasteiger partial charge is 0.255 e. The maximum absolute atomic E-state index is 12.0. The van der Waals surface area contributed by atoms with E-state index in [4.69, 9.17) is 9.52 Å². The Morgan fingerprint density at radius 2 is 1.95 bits per heavy atom. The number of nitrogens with one attached hydrogen (secondary N) is 2. The summed E-state index contributed by atoms with van der Waals surface area (Å²) in [6, 6.07) is 1.81. The number of amides is 2. The van der Waals surface area contributed by atoms with Crippen molar-refractivity contribution in [2.75, 3.05) is 13.2 Å². The average Bonchev–Trinajstić information content (AvgIpc) is 2.84. The van der Waals surface area contributed by atoms with Crippen LogP contribution in [0.15, 0.2) is 10.5 Å². The van der Waals surface area contributed by atoms with E-state index in [1.165, 1.54) is 0 Å². The number of hydrogen-bond acceptors (Lipinski definition) is 4. The third-order valence-electron chi connectivity index (χ3n) is 4.17. The molecular weight excluding hydrogens is 284 g/mol. The van der Waals surface area contributed by atoms with E-state index in [1.807, 2.05) is 0 Å². The number of aryl methyl sites for hydroxylation is 2. The summed E-state index contributed by atoms with van der Waals surface area (Å²) >= 11 is 0. The standard InChI is InChI=1S/C16H24N2O4/c1-10-7-14(11(2)22-10)16(21)17-8-15(20)18-13-5-3-12(9-19)4-6-13/h7,12-13,19H,3-6,8-9H2,1-2H3,(H,17,21)(H,18,20). The molecule has 0 aromatic carbocycles. The summed E-state index contributed by atoms with van der Waals surface area (Å²) in [5.74, 6) is 1.11. The zero-order chi connectivity index (χ0) is 16.1. The van der Waals surface area contributed by atoms with Crippen LogP contribution in [0.2, 0.25) is 0 Å². The van der Waals surface area contributed by atoms with Gasteiger partial charge in [0.1, 0.15) is 11.5 Å². The van der Waals surface area contributed by atoms with Crippen molar-refractivity contribution < 1.29 is 19.1 Å². The van der Waals surface area contributed by atoms with Crippen LogP contribution in [-0.2, 0) is 4.79 Å². The van der Waals surface area contributed by atoms with Crippen molar-refractivity contribution in [1.29, 1.82) is 0 Å². The van der Waals surface area contributed by atoms with Gasteiger partial charge in [0.15, 0.2) is 0 Å². The van der Waals surface area contributed by atoms with Crippen LogP contribution in [-0.4, -0.2) is 36.1 Å². The Morgan fingerprint density at radius 1 is 1.27 bits per heavy atom. The molecule has 2 rings (SSSR count). The molecule has 22 heavy (non-hydrogen) atoms. The first-order chi connectivity index (χ1) is 10.5. The zero-order valence-electron chi connectivity index (χ0n) is 13.1. The zero-order valence-corrected chi connectivity index (χ0v) is 13.1. The largest absolute Gasteiger partial charge is 0.466 e. The van der Waals surface area contributed by atoms with Gasteiger partial charge in [-0.05, 0) is 51.5 Å². The van der Waals surface area contributed by atoms with E-state index in [9.17, 15) is 9.59 Å². The Morgan fingerprint density at radius 3 is 2.50 bits per heavy atom. The molecule has 1 aromatic heterocycles. The van der Waals surface area contributed by atoms with Crippen LogP contribution < -0.4 is 10.6 Å². The molecule has 0 radical (unpaired) electrons.